The van der Waals surface area contributed by atoms with Gasteiger partial charge < -0.3 is 20.3 Å². The number of aromatic nitrogens is 2. The lowest BCUT2D eigenvalue weighted by Crippen LogP contribution is -2.58. The van der Waals surface area contributed by atoms with Crippen molar-refractivity contribution in [1.29, 1.82) is 0 Å². The second kappa shape index (κ2) is 11.9. The summed E-state index contributed by atoms with van der Waals surface area (Å²) < 4.78 is 5.60. The summed E-state index contributed by atoms with van der Waals surface area (Å²) in [5.74, 6) is -0.318. The monoisotopic (exact) mass is 555 g/mol. The molecule has 0 bridgehead atoms. The summed E-state index contributed by atoms with van der Waals surface area (Å²) in [7, 11) is 0. The van der Waals surface area contributed by atoms with Crippen molar-refractivity contribution in [3.8, 4) is 0 Å². The molecule has 3 aliphatic heterocycles. The number of fused-ring (bicyclic) bond motifs is 2. The predicted molar refractivity (Wildman–Crippen MR) is 155 cm³/mol. The van der Waals surface area contributed by atoms with Crippen molar-refractivity contribution in [2.24, 2.45) is 11.3 Å². The molecule has 2 saturated heterocycles. The average molecular weight is 556 g/mol. The fourth-order valence-electron chi connectivity index (χ4n) is 6.44. The third-order valence-electron chi connectivity index (χ3n) is 8.97. The van der Waals surface area contributed by atoms with E-state index in [0.717, 1.165) is 16.5 Å². The van der Waals surface area contributed by atoms with Crippen LogP contribution in [0, 0.1) is 11.3 Å². The van der Waals surface area contributed by atoms with Crippen LogP contribution in [-0.2, 0) is 20.7 Å². The number of likely N-dealkylation sites (tertiary alicyclic amines) is 1. The molecule has 2 aromatic carbocycles. The van der Waals surface area contributed by atoms with E-state index in [1.54, 1.807) is 0 Å². The number of rotatable bonds is 3. The molecular weight excluding hydrogens is 518 g/mol. The van der Waals surface area contributed by atoms with E-state index in [-0.39, 0.29) is 29.7 Å². The number of aromatic amines is 1. The molecule has 3 aromatic rings. The van der Waals surface area contributed by atoms with Crippen LogP contribution < -0.4 is 10.6 Å². The number of piperidine rings is 1. The quantitative estimate of drug-likeness (QED) is 0.429. The van der Waals surface area contributed by atoms with E-state index >= 15 is 0 Å². The normalized spacial score (nSPS) is 25.9. The molecule has 3 atom stereocenters. The van der Waals surface area contributed by atoms with Gasteiger partial charge in [-0.1, -0.05) is 60.7 Å². The molecule has 3 N–H and O–H groups in total. The van der Waals surface area contributed by atoms with Gasteiger partial charge >= 0.3 is 0 Å². The van der Waals surface area contributed by atoms with Gasteiger partial charge in [0.15, 0.2) is 5.69 Å². The van der Waals surface area contributed by atoms with Crippen molar-refractivity contribution >= 4 is 28.6 Å². The van der Waals surface area contributed by atoms with E-state index in [4.69, 9.17) is 4.74 Å². The number of carbonyl (C=O) groups is 3. The molecule has 2 fully saturated rings. The largest absolute Gasteiger partial charge is 0.381 e. The summed E-state index contributed by atoms with van der Waals surface area (Å²) in [6.07, 6.45) is 7.81. The van der Waals surface area contributed by atoms with Crippen LogP contribution in [0.4, 0.5) is 0 Å². The molecule has 9 heteroatoms. The summed E-state index contributed by atoms with van der Waals surface area (Å²) in [5, 5.41) is 14.5. The Hall–Kier alpha value is -3.98. The van der Waals surface area contributed by atoms with Crippen LogP contribution in [0.15, 0.2) is 66.7 Å². The van der Waals surface area contributed by atoms with Crippen LogP contribution in [0.25, 0.3) is 10.9 Å². The first-order valence-electron chi connectivity index (χ1n) is 14.6. The highest BCUT2D eigenvalue weighted by Crippen LogP contribution is 2.36. The SMILES string of the molecule is O=C1N[C@H]2CCN(C(=O)c3n[nH]c4ccccc34)C[C@H]2C/C=C/CC2(CCOCC2)C(=O)N[C@@H]1Cc1ccccc1. The molecule has 0 radical (unpaired) electrons. The van der Waals surface area contributed by atoms with Crippen LogP contribution >= 0.6 is 0 Å². The number of nitrogens with zero attached hydrogens (tertiary/aromatic N) is 2. The van der Waals surface area contributed by atoms with Crippen LogP contribution in [0.5, 0.6) is 0 Å². The number of carbonyl (C=O) groups excluding carboxylic acids is 3. The molecule has 3 aliphatic rings. The number of ether oxygens (including phenoxy) is 1. The number of amides is 3. The second-order valence-electron chi connectivity index (χ2n) is 11.6. The minimum absolute atomic E-state index is 0.0382. The second-order valence-corrected chi connectivity index (χ2v) is 11.6. The Morgan fingerprint density at radius 1 is 1.00 bits per heavy atom. The molecule has 214 valence electrons. The predicted octanol–water partition coefficient (Wildman–Crippen LogP) is 3.38. The molecule has 0 aliphatic carbocycles. The fraction of sp³-hybridized carbons (Fsp3) is 0.438. The highest BCUT2D eigenvalue weighted by atomic mass is 16.5. The van der Waals surface area contributed by atoms with Gasteiger partial charge in [-0.15, -0.1) is 0 Å². The van der Waals surface area contributed by atoms with Gasteiger partial charge in [0.1, 0.15) is 6.04 Å². The maximum atomic E-state index is 13.8. The minimum Gasteiger partial charge on any atom is -0.381 e. The first-order valence-corrected chi connectivity index (χ1v) is 14.6. The van der Waals surface area contributed by atoms with Gasteiger partial charge in [-0.25, -0.2) is 0 Å². The number of hydrogen-bond donors (Lipinski definition) is 3. The van der Waals surface area contributed by atoms with E-state index in [2.05, 4.69) is 33.0 Å². The Bertz CT molecular complexity index is 1430. The first kappa shape index (κ1) is 27.2. The Morgan fingerprint density at radius 3 is 2.61 bits per heavy atom. The maximum Gasteiger partial charge on any atom is 0.275 e. The van der Waals surface area contributed by atoms with Crippen LogP contribution in [-0.4, -0.2) is 71.2 Å². The highest BCUT2D eigenvalue weighted by molar-refractivity contribution is 6.04. The summed E-state index contributed by atoms with van der Waals surface area (Å²) in [6.45, 7) is 2.09. The van der Waals surface area contributed by atoms with E-state index in [0.29, 0.717) is 70.5 Å². The van der Waals surface area contributed by atoms with E-state index in [9.17, 15) is 14.4 Å². The maximum absolute atomic E-state index is 13.8. The van der Waals surface area contributed by atoms with Crippen molar-refractivity contribution in [3.05, 3.63) is 78.0 Å². The standard InChI is InChI=1S/C32H37N5O4/c38-29-27(20-22-8-2-1-3-9-22)34-31(40)32(15-18-41-19-16-32)14-7-6-10-23-21-37(17-13-25(23)33-29)30(39)28-24-11-4-5-12-26(24)35-36-28/h1-9,11-12,23,25,27H,10,13-21H2,(H,33,38)(H,34,40)(H,35,36)/b7-6+/t23-,25+,27-/m1/s1. The Labute approximate surface area is 239 Å². The van der Waals surface area contributed by atoms with E-state index in [1.807, 2.05) is 59.5 Å². The van der Waals surface area contributed by atoms with Gasteiger partial charge in [0.2, 0.25) is 11.8 Å². The van der Waals surface area contributed by atoms with E-state index in [1.165, 1.54) is 0 Å². The number of H-pyrrole nitrogens is 1. The molecule has 0 saturated carbocycles. The fourth-order valence-corrected chi connectivity index (χ4v) is 6.44. The molecule has 3 amide bonds. The molecule has 0 unspecified atom stereocenters. The Balaban J connectivity index is 1.25. The van der Waals surface area contributed by atoms with Crippen molar-refractivity contribution in [2.75, 3.05) is 26.3 Å². The first-order chi connectivity index (χ1) is 20.0. The van der Waals surface area contributed by atoms with Crippen LogP contribution in [0.3, 0.4) is 0 Å². The van der Waals surface area contributed by atoms with Gasteiger partial charge in [-0.3, -0.25) is 19.5 Å². The third-order valence-corrected chi connectivity index (χ3v) is 8.97. The lowest BCUT2D eigenvalue weighted by atomic mass is 9.75. The summed E-state index contributed by atoms with van der Waals surface area (Å²) in [4.78, 5) is 42.9. The molecule has 41 heavy (non-hydrogen) atoms. The van der Waals surface area contributed by atoms with Gasteiger partial charge in [-0.2, -0.15) is 5.10 Å². The smallest absolute Gasteiger partial charge is 0.275 e. The Morgan fingerprint density at radius 2 is 1.78 bits per heavy atom. The lowest BCUT2D eigenvalue weighted by Gasteiger charge is -2.40. The molecule has 6 rings (SSSR count). The number of benzene rings is 2. The molecule has 9 nitrogen and oxygen atoms in total. The van der Waals surface area contributed by atoms with Gasteiger partial charge in [0.25, 0.3) is 5.91 Å². The van der Waals surface area contributed by atoms with Crippen LogP contribution in [0.2, 0.25) is 0 Å². The van der Waals surface area contributed by atoms with Crippen molar-refractivity contribution in [2.45, 2.75) is 50.6 Å². The molecule has 4 heterocycles. The molecule has 1 spiro atoms. The number of nitrogens with one attached hydrogen (secondary N) is 3. The van der Waals surface area contributed by atoms with Crippen molar-refractivity contribution in [1.82, 2.24) is 25.7 Å². The zero-order valence-electron chi connectivity index (χ0n) is 23.2. The number of para-hydroxylation sites is 1. The highest BCUT2D eigenvalue weighted by Gasteiger charge is 2.42. The molecule has 1 aromatic heterocycles. The van der Waals surface area contributed by atoms with Crippen molar-refractivity contribution < 1.29 is 19.1 Å². The van der Waals surface area contributed by atoms with Crippen LogP contribution in [0.1, 0.15) is 48.2 Å². The lowest BCUT2D eigenvalue weighted by molar-refractivity contribution is -0.140. The number of hydrogen-bond acceptors (Lipinski definition) is 5. The van der Waals surface area contributed by atoms with Gasteiger partial charge in [-0.05, 0) is 43.7 Å². The van der Waals surface area contributed by atoms with Gasteiger partial charge in [0, 0.05) is 50.1 Å². The average Bonchev–Trinajstić information content (AvgIpc) is 3.44. The number of allylic oxidation sites excluding steroid dienone is 2. The summed E-state index contributed by atoms with van der Waals surface area (Å²) in [5.41, 5.74) is 1.65. The van der Waals surface area contributed by atoms with E-state index < -0.39 is 11.5 Å². The van der Waals surface area contributed by atoms with Crippen molar-refractivity contribution in [3.63, 3.8) is 0 Å². The zero-order valence-corrected chi connectivity index (χ0v) is 23.2. The third kappa shape index (κ3) is 5.77. The molecular formula is C32H37N5O4. The topological polar surface area (TPSA) is 116 Å². The summed E-state index contributed by atoms with van der Waals surface area (Å²) >= 11 is 0. The Kier molecular flexibility index (Phi) is 7.87. The van der Waals surface area contributed by atoms with Gasteiger partial charge in [0.05, 0.1) is 10.9 Å². The summed E-state index contributed by atoms with van der Waals surface area (Å²) in [6, 6.07) is 16.6. The minimum atomic E-state index is -0.691. The zero-order chi connectivity index (χ0) is 28.2.